The predicted molar refractivity (Wildman–Crippen MR) is 109 cm³/mol. The first-order valence-electron chi connectivity index (χ1n) is 10.1. The second-order valence-electron chi connectivity index (χ2n) is 7.80. The van der Waals surface area contributed by atoms with Crippen molar-refractivity contribution in [3.63, 3.8) is 0 Å². The van der Waals surface area contributed by atoms with Crippen LogP contribution in [0.25, 0.3) is 0 Å². The van der Waals surface area contributed by atoms with E-state index in [4.69, 9.17) is 4.74 Å². The number of rotatable bonds is 5. The Morgan fingerprint density at radius 1 is 1.21 bits per heavy atom. The summed E-state index contributed by atoms with van der Waals surface area (Å²) in [5.41, 5.74) is 0. The number of halogens is 2. The predicted octanol–water partition coefficient (Wildman–Crippen LogP) is 4.04. The molecule has 2 atom stereocenters. The lowest BCUT2D eigenvalue weighted by atomic mass is 9.93. The number of hydrogen-bond acceptors (Lipinski definition) is 3. The van der Waals surface area contributed by atoms with Gasteiger partial charge < -0.3 is 15.0 Å². The highest BCUT2D eigenvalue weighted by molar-refractivity contribution is 9.10. The van der Waals surface area contributed by atoms with Crippen molar-refractivity contribution >= 4 is 27.7 Å². The molecule has 2 unspecified atom stereocenters. The maximum Gasteiger partial charge on any atom is 0.263 e. The Kier molecular flexibility index (Phi) is 7.32. The van der Waals surface area contributed by atoms with Crippen molar-refractivity contribution in [2.24, 2.45) is 5.92 Å². The van der Waals surface area contributed by atoms with Gasteiger partial charge in [-0.1, -0.05) is 19.3 Å². The first kappa shape index (κ1) is 21.1. The van der Waals surface area contributed by atoms with Crippen molar-refractivity contribution in [1.29, 1.82) is 0 Å². The minimum Gasteiger partial charge on any atom is -0.480 e. The Morgan fingerprint density at radius 3 is 2.68 bits per heavy atom. The summed E-state index contributed by atoms with van der Waals surface area (Å²) < 4.78 is 19.4. The molecule has 1 saturated heterocycles. The lowest BCUT2D eigenvalue weighted by Gasteiger charge is -2.34. The van der Waals surface area contributed by atoms with Crippen LogP contribution in [0, 0.1) is 11.7 Å². The number of likely N-dealkylation sites (tertiary alicyclic amines) is 1. The first-order valence-corrected chi connectivity index (χ1v) is 10.9. The lowest BCUT2D eigenvalue weighted by molar-refractivity contribution is -0.141. The van der Waals surface area contributed by atoms with Crippen LogP contribution in [0.3, 0.4) is 0 Å². The minimum atomic E-state index is -0.707. The largest absolute Gasteiger partial charge is 0.480 e. The van der Waals surface area contributed by atoms with E-state index in [0.29, 0.717) is 23.3 Å². The van der Waals surface area contributed by atoms with Gasteiger partial charge >= 0.3 is 0 Å². The van der Waals surface area contributed by atoms with Crippen LogP contribution >= 0.6 is 15.9 Å². The Labute approximate surface area is 174 Å². The van der Waals surface area contributed by atoms with Crippen LogP contribution < -0.4 is 10.1 Å². The van der Waals surface area contributed by atoms with Crippen molar-refractivity contribution in [3.8, 4) is 5.75 Å². The number of benzene rings is 1. The summed E-state index contributed by atoms with van der Waals surface area (Å²) in [6.07, 6.45) is 6.61. The molecule has 1 saturated carbocycles. The van der Waals surface area contributed by atoms with E-state index in [1.165, 1.54) is 37.5 Å². The molecule has 0 spiro atoms. The quantitative estimate of drug-likeness (QED) is 0.729. The summed E-state index contributed by atoms with van der Waals surface area (Å²) in [6, 6.07) is 4.38. The highest BCUT2D eigenvalue weighted by atomic mass is 79.9. The van der Waals surface area contributed by atoms with Crippen LogP contribution in [0.4, 0.5) is 4.39 Å². The van der Waals surface area contributed by atoms with E-state index in [0.717, 1.165) is 25.7 Å². The van der Waals surface area contributed by atoms with Gasteiger partial charge in [0.05, 0.1) is 10.4 Å². The molecule has 154 valence electrons. The third-order valence-electron chi connectivity index (χ3n) is 5.60. The van der Waals surface area contributed by atoms with E-state index < -0.39 is 6.10 Å². The molecule has 0 aromatic heterocycles. The molecule has 0 radical (unpaired) electrons. The average molecular weight is 455 g/mol. The molecule has 28 heavy (non-hydrogen) atoms. The van der Waals surface area contributed by atoms with Gasteiger partial charge in [0.2, 0.25) is 5.91 Å². The molecule has 5 nitrogen and oxygen atoms in total. The maximum atomic E-state index is 13.2. The number of carbonyl (C=O) groups is 2. The van der Waals surface area contributed by atoms with E-state index >= 15 is 0 Å². The van der Waals surface area contributed by atoms with Crippen LogP contribution in [-0.2, 0) is 9.59 Å². The minimum absolute atomic E-state index is 0.0688. The third-order valence-corrected chi connectivity index (χ3v) is 6.22. The molecule has 2 fully saturated rings. The van der Waals surface area contributed by atoms with Crippen molar-refractivity contribution in [3.05, 3.63) is 28.5 Å². The smallest absolute Gasteiger partial charge is 0.263 e. The second-order valence-corrected chi connectivity index (χ2v) is 8.66. The molecule has 0 bridgehead atoms. The molecule has 2 amide bonds. The van der Waals surface area contributed by atoms with Crippen molar-refractivity contribution in [2.75, 3.05) is 13.1 Å². The number of hydrogen-bond donors (Lipinski definition) is 1. The van der Waals surface area contributed by atoms with Crippen molar-refractivity contribution in [2.45, 2.75) is 64.0 Å². The molecule has 3 rings (SSSR count). The summed E-state index contributed by atoms with van der Waals surface area (Å²) in [6.45, 7) is 2.74. The van der Waals surface area contributed by atoms with Crippen molar-refractivity contribution in [1.82, 2.24) is 10.2 Å². The number of nitrogens with one attached hydrogen (secondary N) is 1. The molecule has 1 aromatic carbocycles. The highest BCUT2D eigenvalue weighted by Crippen LogP contribution is 2.27. The zero-order valence-corrected chi connectivity index (χ0v) is 17.8. The van der Waals surface area contributed by atoms with Gasteiger partial charge in [0, 0.05) is 19.1 Å². The molecule has 1 aliphatic carbocycles. The summed E-state index contributed by atoms with van der Waals surface area (Å²) in [4.78, 5) is 27.2. The standard InChI is InChI=1S/C21H28BrFN2O3/c1-14(28-19-10-9-16(23)12-18(19)22)21(27)25-11-5-6-15(13-25)20(26)24-17-7-3-2-4-8-17/h9-10,12,14-15,17H,2-8,11,13H2,1H3,(H,24,26). The van der Waals surface area contributed by atoms with E-state index in [1.54, 1.807) is 11.8 Å². The third kappa shape index (κ3) is 5.46. The molecule has 1 aliphatic heterocycles. The fourth-order valence-electron chi connectivity index (χ4n) is 4.03. The lowest BCUT2D eigenvalue weighted by Crippen LogP contribution is -2.50. The fraction of sp³-hybridized carbons (Fsp3) is 0.619. The Morgan fingerprint density at radius 2 is 1.96 bits per heavy atom. The van der Waals surface area contributed by atoms with Crippen molar-refractivity contribution < 1.29 is 18.7 Å². The molecular formula is C21H28BrFN2O3. The molecule has 2 aliphatic rings. The molecule has 7 heteroatoms. The second kappa shape index (κ2) is 9.72. The van der Waals surface area contributed by atoms with Gasteiger partial charge in [0.15, 0.2) is 6.10 Å². The molecule has 1 aromatic rings. The number of ether oxygens (including phenoxy) is 1. The van der Waals surface area contributed by atoms with Gasteiger partial charge in [-0.05, 0) is 66.7 Å². The monoisotopic (exact) mass is 454 g/mol. The zero-order valence-electron chi connectivity index (χ0n) is 16.3. The number of carbonyl (C=O) groups excluding carboxylic acids is 2. The maximum absolute atomic E-state index is 13.2. The summed E-state index contributed by atoms with van der Waals surface area (Å²) >= 11 is 3.25. The van der Waals surface area contributed by atoms with Gasteiger partial charge in [-0.15, -0.1) is 0 Å². The number of amides is 2. The Bertz CT molecular complexity index is 709. The van der Waals surface area contributed by atoms with Gasteiger partial charge in [0.1, 0.15) is 11.6 Å². The normalized spacial score (nSPS) is 21.8. The molecule has 1 N–H and O–H groups in total. The van der Waals surface area contributed by atoms with Crippen LogP contribution in [0.2, 0.25) is 0 Å². The average Bonchev–Trinajstić information content (AvgIpc) is 2.70. The topological polar surface area (TPSA) is 58.6 Å². The summed E-state index contributed by atoms with van der Waals surface area (Å²) in [7, 11) is 0. The highest BCUT2D eigenvalue weighted by Gasteiger charge is 2.32. The summed E-state index contributed by atoms with van der Waals surface area (Å²) in [5.74, 6) is -0.193. The SMILES string of the molecule is CC(Oc1ccc(F)cc1Br)C(=O)N1CCCC(C(=O)NC2CCCCC2)C1. The van der Waals surface area contributed by atoms with E-state index in [9.17, 15) is 14.0 Å². The fourth-order valence-corrected chi connectivity index (χ4v) is 4.47. The number of nitrogens with zero attached hydrogens (tertiary/aromatic N) is 1. The first-order chi connectivity index (χ1) is 13.4. The summed E-state index contributed by atoms with van der Waals surface area (Å²) in [5, 5.41) is 3.18. The molecular weight excluding hydrogens is 427 g/mol. The van der Waals surface area contributed by atoms with Gasteiger partial charge in [0.25, 0.3) is 5.91 Å². The zero-order chi connectivity index (χ0) is 20.1. The van der Waals surface area contributed by atoms with Crippen LogP contribution in [-0.4, -0.2) is 41.9 Å². The van der Waals surface area contributed by atoms with E-state index in [2.05, 4.69) is 21.2 Å². The Balaban J connectivity index is 1.54. The Hall–Kier alpha value is -1.63. The van der Waals surface area contributed by atoms with E-state index in [1.807, 2.05) is 0 Å². The van der Waals surface area contributed by atoms with Gasteiger partial charge in [-0.2, -0.15) is 0 Å². The van der Waals surface area contributed by atoms with Crippen LogP contribution in [0.5, 0.6) is 5.75 Å². The molecule has 1 heterocycles. The van der Waals surface area contributed by atoms with Gasteiger partial charge in [-0.25, -0.2) is 4.39 Å². The van der Waals surface area contributed by atoms with Gasteiger partial charge in [-0.3, -0.25) is 9.59 Å². The van der Waals surface area contributed by atoms with Crippen LogP contribution in [0.1, 0.15) is 51.9 Å². The number of piperidine rings is 1. The van der Waals surface area contributed by atoms with E-state index in [-0.39, 0.29) is 29.6 Å². The van der Waals surface area contributed by atoms with Crippen LogP contribution in [0.15, 0.2) is 22.7 Å².